The number of phenols is 2. The minimum atomic E-state index is -0.0644. The summed E-state index contributed by atoms with van der Waals surface area (Å²) >= 11 is 0. The minimum Gasteiger partial charge on any atom is -0.504 e. The zero-order valence-corrected chi connectivity index (χ0v) is 22.2. The fraction of sp³-hybridized carbons (Fsp3) is 0.733. The molecule has 3 fully saturated rings. The highest BCUT2D eigenvalue weighted by atomic mass is 16.3. The maximum atomic E-state index is 10.5. The van der Waals surface area contributed by atoms with Crippen molar-refractivity contribution in [3.8, 4) is 11.5 Å². The smallest absolute Gasteiger partial charge is 0.160 e. The zero-order chi connectivity index (χ0) is 24.2. The second kappa shape index (κ2) is 6.80. The lowest BCUT2D eigenvalue weighted by atomic mass is 9.35. The molecule has 0 unspecified atom stereocenters. The van der Waals surface area contributed by atoms with E-state index in [4.69, 9.17) is 0 Å². The molecule has 1 aromatic rings. The number of benzene rings is 1. The Balaban J connectivity index is 1.62. The van der Waals surface area contributed by atoms with Crippen LogP contribution in [0.5, 0.6) is 11.5 Å². The van der Waals surface area contributed by atoms with Crippen LogP contribution in [-0.2, 0) is 11.8 Å². The van der Waals surface area contributed by atoms with E-state index in [1.807, 2.05) is 13.0 Å². The van der Waals surface area contributed by atoms with Gasteiger partial charge in [-0.3, -0.25) is 0 Å². The third-order valence-electron chi connectivity index (χ3n) is 12.1. The molecule has 0 aromatic heterocycles. The minimum absolute atomic E-state index is 0.0393. The molecule has 0 bridgehead atoms. The second-order valence-electron chi connectivity index (χ2n) is 13.6. The first-order chi connectivity index (χ1) is 15.2. The van der Waals surface area contributed by atoms with Crippen molar-refractivity contribution < 1.29 is 10.2 Å². The summed E-state index contributed by atoms with van der Waals surface area (Å²) in [6.07, 6.45) is 12.2. The monoisotopic (exact) mass is 451 g/mol. The van der Waals surface area contributed by atoms with Gasteiger partial charge in [-0.25, -0.2) is 0 Å². The number of rotatable bonds is 1. The second-order valence-corrected chi connectivity index (χ2v) is 13.6. The summed E-state index contributed by atoms with van der Waals surface area (Å²) in [6.45, 7) is 14.7. The molecule has 1 aromatic carbocycles. The van der Waals surface area contributed by atoms with Gasteiger partial charge in [-0.15, -0.1) is 0 Å². The Hall–Kier alpha value is -1.48. The van der Waals surface area contributed by atoms with Gasteiger partial charge in [0.15, 0.2) is 11.5 Å². The van der Waals surface area contributed by atoms with Crippen molar-refractivity contribution in [2.75, 3.05) is 14.1 Å². The number of fused-ring (bicyclic) bond motifs is 7. The number of hydrogen-bond acceptors (Lipinski definition) is 3. The van der Waals surface area contributed by atoms with Crippen molar-refractivity contribution in [1.82, 2.24) is 4.90 Å². The van der Waals surface area contributed by atoms with E-state index in [1.165, 1.54) is 49.7 Å². The Kier molecular flexibility index (Phi) is 4.80. The van der Waals surface area contributed by atoms with Gasteiger partial charge >= 0.3 is 0 Å². The van der Waals surface area contributed by atoms with Crippen molar-refractivity contribution in [2.45, 2.75) is 104 Å². The number of hydrogen-bond donors (Lipinski definition) is 2. The van der Waals surface area contributed by atoms with Gasteiger partial charge in [-0.05, 0) is 124 Å². The van der Waals surface area contributed by atoms with E-state index in [-0.39, 0.29) is 33.3 Å². The molecule has 0 saturated heterocycles. The largest absolute Gasteiger partial charge is 0.504 e. The summed E-state index contributed by atoms with van der Waals surface area (Å²) in [5, 5.41) is 20.9. The quantitative estimate of drug-likeness (QED) is 0.361. The van der Waals surface area contributed by atoms with Crippen LogP contribution in [0.3, 0.4) is 0 Å². The van der Waals surface area contributed by atoms with Crippen LogP contribution in [0.15, 0.2) is 17.7 Å². The third kappa shape index (κ3) is 2.78. The van der Waals surface area contributed by atoms with E-state index in [0.29, 0.717) is 11.3 Å². The molecule has 33 heavy (non-hydrogen) atoms. The lowest BCUT2D eigenvalue weighted by Crippen LogP contribution is -2.64. The molecule has 3 heteroatoms. The van der Waals surface area contributed by atoms with Crippen LogP contribution in [0.25, 0.3) is 0 Å². The molecule has 0 aliphatic heterocycles. The van der Waals surface area contributed by atoms with Gasteiger partial charge in [0.25, 0.3) is 0 Å². The first-order valence-electron chi connectivity index (χ1n) is 13.2. The van der Waals surface area contributed by atoms with E-state index >= 15 is 0 Å². The molecule has 2 N–H and O–H groups in total. The lowest BCUT2D eigenvalue weighted by Gasteiger charge is -2.70. The van der Waals surface area contributed by atoms with Crippen LogP contribution >= 0.6 is 0 Å². The van der Waals surface area contributed by atoms with E-state index in [1.54, 1.807) is 5.57 Å². The van der Waals surface area contributed by atoms with Gasteiger partial charge in [0.2, 0.25) is 0 Å². The van der Waals surface area contributed by atoms with Crippen molar-refractivity contribution in [1.29, 1.82) is 0 Å². The topological polar surface area (TPSA) is 43.7 Å². The highest BCUT2D eigenvalue weighted by molar-refractivity contribution is 5.60. The number of allylic oxidation sites excluding steroid dienone is 2. The van der Waals surface area contributed by atoms with Crippen LogP contribution in [0, 0.1) is 29.1 Å². The summed E-state index contributed by atoms with van der Waals surface area (Å²) in [7, 11) is 4.55. The Morgan fingerprint density at radius 3 is 2.24 bits per heavy atom. The van der Waals surface area contributed by atoms with Gasteiger partial charge in [0.05, 0.1) is 0 Å². The van der Waals surface area contributed by atoms with Crippen molar-refractivity contribution in [3.63, 3.8) is 0 Å². The molecule has 5 rings (SSSR count). The zero-order valence-electron chi connectivity index (χ0n) is 22.2. The maximum absolute atomic E-state index is 10.5. The molecule has 182 valence electrons. The number of aromatic hydroxyl groups is 2. The highest BCUT2D eigenvalue weighted by Gasteiger charge is 2.66. The summed E-state index contributed by atoms with van der Waals surface area (Å²) in [5.41, 5.74) is 6.03. The van der Waals surface area contributed by atoms with Gasteiger partial charge in [-0.1, -0.05) is 39.3 Å². The van der Waals surface area contributed by atoms with Gasteiger partial charge in [0, 0.05) is 11.0 Å². The third-order valence-corrected chi connectivity index (χ3v) is 12.1. The Morgan fingerprint density at radius 1 is 0.909 bits per heavy atom. The SMILES string of the molecule is Cc1c(O)c(O)cc2c1CC=C1[C@@]2(C)CC[C@@]2(C)[C@@H]3C[C@](C)(N(C)C)CC[C@]3(C)CC[C@]12C. The van der Waals surface area contributed by atoms with Crippen molar-refractivity contribution in [3.05, 3.63) is 34.4 Å². The molecular weight excluding hydrogens is 406 g/mol. The van der Waals surface area contributed by atoms with E-state index in [0.717, 1.165) is 18.4 Å². The van der Waals surface area contributed by atoms with E-state index < -0.39 is 0 Å². The number of nitrogens with zero attached hydrogens (tertiary/aromatic N) is 1. The summed E-state index contributed by atoms with van der Waals surface area (Å²) in [5.74, 6) is 0.809. The van der Waals surface area contributed by atoms with Crippen LogP contribution in [0.1, 0.15) is 96.3 Å². The molecule has 4 aliphatic carbocycles. The van der Waals surface area contributed by atoms with Crippen LogP contribution in [0.2, 0.25) is 0 Å². The van der Waals surface area contributed by atoms with Crippen molar-refractivity contribution in [2.24, 2.45) is 22.2 Å². The number of phenolic OH excluding ortho intramolecular Hbond substituents is 2. The van der Waals surface area contributed by atoms with Crippen LogP contribution in [-0.4, -0.2) is 34.7 Å². The van der Waals surface area contributed by atoms with E-state index in [2.05, 4.69) is 59.7 Å². The van der Waals surface area contributed by atoms with E-state index in [9.17, 15) is 10.2 Å². The average Bonchev–Trinajstić information content (AvgIpc) is 2.75. The van der Waals surface area contributed by atoms with Crippen LogP contribution < -0.4 is 0 Å². The Morgan fingerprint density at radius 2 is 1.58 bits per heavy atom. The summed E-state index contributed by atoms with van der Waals surface area (Å²) < 4.78 is 0. The molecule has 3 nitrogen and oxygen atoms in total. The van der Waals surface area contributed by atoms with Crippen LogP contribution in [0.4, 0.5) is 0 Å². The molecule has 4 aliphatic rings. The van der Waals surface area contributed by atoms with Crippen molar-refractivity contribution >= 4 is 0 Å². The van der Waals surface area contributed by atoms with Gasteiger partial charge in [0.1, 0.15) is 0 Å². The molecule has 0 heterocycles. The highest BCUT2D eigenvalue weighted by Crippen LogP contribution is 2.74. The Bertz CT molecular complexity index is 1040. The standard InChI is InChI=1S/C30H45NO2/c1-19-20-9-10-23-28(4,21(20)17-22(32)25(19)33)14-16-30(6)24-18-27(3,31(7)8)13-11-26(24,2)12-15-29(23,30)5/h10,17,24,32-33H,9,11-16,18H2,1-8H3/t24-,26-,27-,28+,29-,30+/m1/s1. The fourth-order valence-corrected chi connectivity index (χ4v) is 9.09. The normalized spacial score (nSPS) is 44.4. The summed E-state index contributed by atoms with van der Waals surface area (Å²) in [4.78, 5) is 2.49. The molecule has 0 radical (unpaired) electrons. The maximum Gasteiger partial charge on any atom is 0.160 e. The molecule has 0 amide bonds. The predicted octanol–water partition coefficient (Wildman–Crippen LogP) is 6.87. The lowest BCUT2D eigenvalue weighted by molar-refractivity contribution is -0.160. The molecular formula is C30H45NO2. The molecule has 6 atom stereocenters. The first kappa shape index (κ1) is 23.3. The fourth-order valence-electron chi connectivity index (χ4n) is 9.09. The molecule has 3 saturated carbocycles. The predicted molar refractivity (Wildman–Crippen MR) is 136 cm³/mol. The van der Waals surface area contributed by atoms with Gasteiger partial charge < -0.3 is 15.1 Å². The Labute approximate surface area is 201 Å². The first-order valence-corrected chi connectivity index (χ1v) is 13.2. The molecule has 0 spiro atoms. The van der Waals surface area contributed by atoms with Gasteiger partial charge in [-0.2, -0.15) is 0 Å². The average molecular weight is 452 g/mol. The summed E-state index contributed by atoms with van der Waals surface area (Å²) in [6, 6.07) is 1.88.